The van der Waals surface area contributed by atoms with Crippen molar-refractivity contribution >= 4 is 0 Å². The average molecular weight is 357 g/mol. The van der Waals surface area contributed by atoms with Gasteiger partial charge in [-0.25, -0.2) is 0 Å². The molecule has 0 atom stereocenters. The minimum atomic E-state index is -0.698. The molecule has 0 heterocycles. The van der Waals surface area contributed by atoms with Crippen LogP contribution in [0.15, 0.2) is 10.2 Å². The smallest absolute Gasteiger partial charge is 0.167 e. The third kappa shape index (κ3) is 6.71. The van der Waals surface area contributed by atoms with Gasteiger partial charge in [0.2, 0.25) is 0 Å². The molecule has 0 saturated heterocycles. The van der Waals surface area contributed by atoms with Gasteiger partial charge in [-0.1, -0.05) is 64.2 Å². The van der Waals surface area contributed by atoms with Crippen molar-refractivity contribution in [2.45, 2.75) is 127 Å². The normalized spacial score (nSPS) is 25.6. The van der Waals surface area contributed by atoms with Crippen LogP contribution < -0.4 is 0 Å². The van der Waals surface area contributed by atoms with Gasteiger partial charge in [-0.2, -0.15) is 20.8 Å². The van der Waals surface area contributed by atoms with E-state index in [1.807, 2.05) is 0 Å². The topological polar surface area (TPSA) is 72.3 Å². The van der Waals surface area contributed by atoms with Crippen LogP contribution in [0.4, 0.5) is 0 Å². The van der Waals surface area contributed by atoms with E-state index in [2.05, 4.69) is 22.4 Å². The van der Waals surface area contributed by atoms with Gasteiger partial charge in [0, 0.05) is 0 Å². The molecule has 0 aromatic heterocycles. The molecule has 2 rings (SSSR count). The van der Waals surface area contributed by atoms with Crippen molar-refractivity contribution in [2.24, 2.45) is 10.2 Å². The first kappa shape index (κ1) is 20.9. The zero-order valence-corrected chi connectivity index (χ0v) is 16.5. The molecular formula is C22H36N4. The number of nitrogens with zero attached hydrogens (tertiary/aromatic N) is 4. The molecule has 2 fully saturated rings. The number of rotatable bonds is 2. The Kier molecular flexibility index (Phi) is 9.10. The maximum Gasteiger partial charge on any atom is 0.167 e. The Labute approximate surface area is 160 Å². The predicted molar refractivity (Wildman–Crippen MR) is 105 cm³/mol. The van der Waals surface area contributed by atoms with E-state index in [9.17, 15) is 10.5 Å². The van der Waals surface area contributed by atoms with E-state index in [4.69, 9.17) is 0 Å². The lowest BCUT2D eigenvalue weighted by Crippen LogP contribution is -2.29. The summed E-state index contributed by atoms with van der Waals surface area (Å²) in [5, 5.41) is 29.1. The minimum absolute atomic E-state index is 0.698. The molecule has 0 radical (unpaired) electrons. The average Bonchev–Trinajstić information content (AvgIpc) is 2.69. The molecule has 0 N–H and O–H groups in total. The highest BCUT2D eigenvalue weighted by Crippen LogP contribution is 2.33. The third-order valence-corrected chi connectivity index (χ3v) is 6.21. The molecule has 0 unspecified atom stereocenters. The minimum Gasteiger partial charge on any atom is -0.196 e. The van der Waals surface area contributed by atoms with Crippen molar-refractivity contribution in [1.29, 1.82) is 10.5 Å². The van der Waals surface area contributed by atoms with Crippen molar-refractivity contribution in [2.75, 3.05) is 0 Å². The van der Waals surface area contributed by atoms with Crippen LogP contribution in [0.3, 0.4) is 0 Å². The Hall–Kier alpha value is -1.42. The summed E-state index contributed by atoms with van der Waals surface area (Å²) in [4.78, 5) is 0. The quantitative estimate of drug-likeness (QED) is 0.499. The molecule has 0 amide bonds. The first-order valence-corrected chi connectivity index (χ1v) is 11.0. The Morgan fingerprint density at radius 2 is 0.654 bits per heavy atom. The molecule has 0 aromatic carbocycles. The summed E-state index contributed by atoms with van der Waals surface area (Å²) < 4.78 is 0. The number of nitriles is 2. The predicted octanol–water partition coefficient (Wildman–Crippen LogP) is 7.01. The fraction of sp³-hybridized carbons (Fsp3) is 0.909. The second-order valence-electron chi connectivity index (χ2n) is 8.44. The summed E-state index contributed by atoms with van der Waals surface area (Å²) in [7, 11) is 0. The lowest BCUT2D eigenvalue weighted by atomic mass is 9.86. The molecule has 2 saturated carbocycles. The van der Waals surface area contributed by atoms with Crippen LogP contribution in [0.25, 0.3) is 0 Å². The Bertz CT molecular complexity index is 445. The van der Waals surface area contributed by atoms with Crippen molar-refractivity contribution < 1.29 is 0 Å². The Morgan fingerprint density at radius 3 is 0.885 bits per heavy atom. The molecular weight excluding hydrogens is 320 g/mol. The van der Waals surface area contributed by atoms with Crippen molar-refractivity contribution in [1.82, 2.24) is 0 Å². The summed E-state index contributed by atoms with van der Waals surface area (Å²) in [6.45, 7) is 0. The molecule has 144 valence electrons. The summed E-state index contributed by atoms with van der Waals surface area (Å²) in [6, 6.07) is 4.99. The van der Waals surface area contributed by atoms with Crippen LogP contribution in [0.1, 0.15) is 116 Å². The largest absolute Gasteiger partial charge is 0.196 e. The van der Waals surface area contributed by atoms with Gasteiger partial charge in [0.1, 0.15) is 0 Å². The van der Waals surface area contributed by atoms with E-state index in [1.54, 1.807) is 0 Å². The van der Waals surface area contributed by atoms with E-state index in [1.165, 1.54) is 64.2 Å². The van der Waals surface area contributed by atoms with Crippen LogP contribution >= 0.6 is 0 Å². The fourth-order valence-electron chi connectivity index (χ4n) is 4.35. The standard InChI is InChI=1S/C22H36N4/c23-19-21(15-11-7-3-1-4-8-12-16-21)25-26-22(20-24)17-13-9-5-2-6-10-14-18-22/h1-18H2. The van der Waals surface area contributed by atoms with E-state index in [0.717, 1.165) is 51.4 Å². The molecule has 4 heteroatoms. The zero-order chi connectivity index (χ0) is 18.6. The van der Waals surface area contributed by atoms with Gasteiger partial charge in [0.05, 0.1) is 12.1 Å². The molecule has 2 aliphatic rings. The van der Waals surface area contributed by atoms with Crippen LogP contribution in [0.2, 0.25) is 0 Å². The second kappa shape index (κ2) is 11.3. The highest BCUT2D eigenvalue weighted by atomic mass is 15.2. The van der Waals surface area contributed by atoms with E-state index in [-0.39, 0.29) is 0 Å². The van der Waals surface area contributed by atoms with Crippen molar-refractivity contribution in [3.8, 4) is 12.1 Å². The Balaban J connectivity index is 2.12. The maximum absolute atomic E-state index is 9.90. The van der Waals surface area contributed by atoms with E-state index >= 15 is 0 Å². The first-order valence-electron chi connectivity index (χ1n) is 11.0. The molecule has 26 heavy (non-hydrogen) atoms. The van der Waals surface area contributed by atoms with Crippen molar-refractivity contribution in [3.63, 3.8) is 0 Å². The molecule has 4 nitrogen and oxygen atoms in total. The highest BCUT2D eigenvalue weighted by molar-refractivity contribution is 5.10. The monoisotopic (exact) mass is 356 g/mol. The Morgan fingerprint density at radius 1 is 0.423 bits per heavy atom. The van der Waals surface area contributed by atoms with Crippen LogP contribution in [-0.4, -0.2) is 11.1 Å². The number of hydrogen-bond acceptors (Lipinski definition) is 4. The van der Waals surface area contributed by atoms with Crippen LogP contribution in [0, 0.1) is 22.7 Å². The van der Waals surface area contributed by atoms with Gasteiger partial charge < -0.3 is 0 Å². The van der Waals surface area contributed by atoms with Crippen molar-refractivity contribution in [3.05, 3.63) is 0 Å². The fourth-order valence-corrected chi connectivity index (χ4v) is 4.35. The van der Waals surface area contributed by atoms with Crippen LogP contribution in [-0.2, 0) is 0 Å². The van der Waals surface area contributed by atoms with E-state index < -0.39 is 11.1 Å². The van der Waals surface area contributed by atoms with Gasteiger partial charge in [-0.05, 0) is 51.4 Å². The number of hydrogen-bond donors (Lipinski definition) is 0. The zero-order valence-electron chi connectivity index (χ0n) is 16.5. The lowest BCUT2D eigenvalue weighted by Gasteiger charge is -2.26. The third-order valence-electron chi connectivity index (χ3n) is 6.21. The summed E-state index contributed by atoms with van der Waals surface area (Å²) in [5.41, 5.74) is -1.40. The van der Waals surface area contributed by atoms with Gasteiger partial charge >= 0.3 is 0 Å². The highest BCUT2D eigenvalue weighted by Gasteiger charge is 2.34. The number of azo groups is 1. The molecule has 0 bridgehead atoms. The molecule has 0 spiro atoms. The summed E-state index contributed by atoms with van der Waals surface area (Å²) in [5.74, 6) is 0. The SMILES string of the molecule is N#CC1(N=NC2(C#N)CCCCCCCCC2)CCCCCCCCC1. The summed E-state index contributed by atoms with van der Waals surface area (Å²) in [6.07, 6.45) is 19.8. The van der Waals surface area contributed by atoms with Gasteiger partial charge in [0.15, 0.2) is 11.1 Å². The van der Waals surface area contributed by atoms with Crippen LogP contribution in [0.5, 0.6) is 0 Å². The lowest BCUT2D eigenvalue weighted by molar-refractivity contribution is 0.340. The molecule has 0 aliphatic heterocycles. The van der Waals surface area contributed by atoms with Gasteiger partial charge in [-0.3, -0.25) is 0 Å². The second-order valence-corrected chi connectivity index (χ2v) is 8.44. The molecule has 0 aromatic rings. The molecule has 2 aliphatic carbocycles. The first-order chi connectivity index (χ1) is 12.7. The maximum atomic E-state index is 9.90. The van der Waals surface area contributed by atoms with E-state index in [0.29, 0.717) is 0 Å². The summed E-state index contributed by atoms with van der Waals surface area (Å²) >= 11 is 0. The van der Waals surface area contributed by atoms with Gasteiger partial charge in [-0.15, -0.1) is 0 Å². The van der Waals surface area contributed by atoms with Gasteiger partial charge in [0.25, 0.3) is 0 Å².